The quantitative estimate of drug-likeness (QED) is 0.186. The molecule has 7 heteroatoms. The van der Waals surface area contributed by atoms with Crippen molar-refractivity contribution in [3.05, 3.63) is 29.3 Å². The molecule has 0 unspecified atom stereocenters. The van der Waals surface area contributed by atoms with E-state index in [1.165, 1.54) is 5.56 Å². The lowest BCUT2D eigenvalue weighted by Crippen LogP contribution is -2.44. The van der Waals surface area contributed by atoms with Crippen LogP contribution < -0.4 is 20.7 Å². The van der Waals surface area contributed by atoms with Gasteiger partial charge in [-0.15, -0.1) is 24.0 Å². The molecule has 1 rings (SSSR count). The molecule has 0 radical (unpaired) electrons. The van der Waals surface area contributed by atoms with Crippen molar-refractivity contribution in [2.75, 3.05) is 39.5 Å². The Labute approximate surface area is 188 Å². The highest BCUT2D eigenvalue weighted by Gasteiger charge is 2.08. The van der Waals surface area contributed by atoms with Crippen molar-refractivity contribution in [3.63, 3.8) is 0 Å². The molecule has 0 bridgehead atoms. The summed E-state index contributed by atoms with van der Waals surface area (Å²) in [6.45, 7) is 17.5. The van der Waals surface area contributed by atoms with Crippen LogP contribution in [-0.4, -0.2) is 51.0 Å². The molecule has 0 fully saturated rings. The van der Waals surface area contributed by atoms with Gasteiger partial charge in [0, 0.05) is 37.3 Å². The second kappa shape index (κ2) is 14.9. The fourth-order valence-corrected chi connectivity index (χ4v) is 2.41. The molecule has 3 N–H and O–H groups in total. The predicted molar refractivity (Wildman–Crippen MR) is 129 cm³/mol. The number of aryl methyl sites for hydroxylation is 1. The standard InChI is InChI=1S/C21H38N4O2.HI/c1-7-22-20(23-11-12-25-21(4,5)6)24-16-18-10-9-17(3)15-19(18)27-14-13-26-8-2;/h9-10,15,25H,7-8,11-14,16H2,1-6H3,(H2,22,23,24);1H. The van der Waals surface area contributed by atoms with E-state index in [4.69, 9.17) is 14.5 Å². The van der Waals surface area contributed by atoms with Crippen LogP contribution in [0, 0.1) is 6.92 Å². The zero-order valence-corrected chi connectivity index (χ0v) is 20.7. The van der Waals surface area contributed by atoms with Crippen LogP contribution >= 0.6 is 24.0 Å². The first-order valence-corrected chi connectivity index (χ1v) is 9.93. The minimum Gasteiger partial charge on any atom is -0.491 e. The number of guanidine groups is 1. The first-order chi connectivity index (χ1) is 12.9. The Morgan fingerprint density at radius 1 is 1.07 bits per heavy atom. The number of hydrogen-bond donors (Lipinski definition) is 3. The van der Waals surface area contributed by atoms with Crippen LogP contribution in [0.2, 0.25) is 0 Å². The van der Waals surface area contributed by atoms with Crippen molar-refractivity contribution in [1.29, 1.82) is 0 Å². The van der Waals surface area contributed by atoms with Crippen molar-refractivity contribution in [2.45, 2.75) is 53.6 Å². The fourth-order valence-electron chi connectivity index (χ4n) is 2.41. The van der Waals surface area contributed by atoms with E-state index in [9.17, 15) is 0 Å². The van der Waals surface area contributed by atoms with E-state index in [-0.39, 0.29) is 29.5 Å². The van der Waals surface area contributed by atoms with Gasteiger partial charge in [0.1, 0.15) is 12.4 Å². The van der Waals surface area contributed by atoms with Crippen molar-refractivity contribution in [1.82, 2.24) is 16.0 Å². The summed E-state index contributed by atoms with van der Waals surface area (Å²) in [6, 6.07) is 6.23. The summed E-state index contributed by atoms with van der Waals surface area (Å²) in [5.74, 6) is 1.69. The van der Waals surface area contributed by atoms with E-state index in [0.717, 1.165) is 36.9 Å². The summed E-state index contributed by atoms with van der Waals surface area (Å²) in [4.78, 5) is 4.71. The molecule has 0 heterocycles. The molecule has 0 saturated heterocycles. The number of hydrogen-bond acceptors (Lipinski definition) is 4. The van der Waals surface area contributed by atoms with Gasteiger partial charge >= 0.3 is 0 Å². The molecule has 28 heavy (non-hydrogen) atoms. The molecule has 0 aromatic heterocycles. The highest BCUT2D eigenvalue weighted by Crippen LogP contribution is 2.21. The smallest absolute Gasteiger partial charge is 0.191 e. The Kier molecular flexibility index (Phi) is 14.3. The number of ether oxygens (including phenoxy) is 2. The lowest BCUT2D eigenvalue weighted by atomic mass is 10.1. The van der Waals surface area contributed by atoms with Gasteiger partial charge in [0.25, 0.3) is 0 Å². The highest BCUT2D eigenvalue weighted by molar-refractivity contribution is 14.0. The van der Waals surface area contributed by atoms with E-state index < -0.39 is 0 Å². The molecule has 0 amide bonds. The number of benzene rings is 1. The van der Waals surface area contributed by atoms with Crippen LogP contribution in [0.25, 0.3) is 0 Å². The third-order valence-corrected chi connectivity index (χ3v) is 3.74. The van der Waals surface area contributed by atoms with Crippen LogP contribution in [0.15, 0.2) is 23.2 Å². The Hall–Kier alpha value is -1.06. The average Bonchev–Trinajstić information content (AvgIpc) is 2.60. The van der Waals surface area contributed by atoms with E-state index in [2.05, 4.69) is 68.8 Å². The van der Waals surface area contributed by atoms with Crippen LogP contribution in [0.1, 0.15) is 45.7 Å². The van der Waals surface area contributed by atoms with Crippen LogP contribution in [0.3, 0.4) is 0 Å². The Morgan fingerprint density at radius 3 is 2.46 bits per heavy atom. The fraction of sp³-hybridized carbons (Fsp3) is 0.667. The molecular formula is C21H39IN4O2. The Morgan fingerprint density at radius 2 is 1.82 bits per heavy atom. The Bertz CT molecular complexity index is 574. The topological polar surface area (TPSA) is 66.9 Å². The first-order valence-electron chi connectivity index (χ1n) is 9.93. The van der Waals surface area contributed by atoms with E-state index in [1.54, 1.807) is 0 Å². The van der Waals surface area contributed by atoms with Gasteiger partial charge in [0.15, 0.2) is 5.96 Å². The van der Waals surface area contributed by atoms with Crippen molar-refractivity contribution in [2.24, 2.45) is 4.99 Å². The summed E-state index contributed by atoms with van der Waals surface area (Å²) in [7, 11) is 0. The van der Waals surface area contributed by atoms with Crippen LogP contribution in [0.4, 0.5) is 0 Å². The lowest BCUT2D eigenvalue weighted by molar-refractivity contribution is 0.110. The lowest BCUT2D eigenvalue weighted by Gasteiger charge is -2.21. The number of rotatable bonds is 11. The maximum absolute atomic E-state index is 5.90. The molecule has 1 aromatic rings. The highest BCUT2D eigenvalue weighted by atomic mass is 127. The van der Waals surface area contributed by atoms with Crippen LogP contribution in [-0.2, 0) is 11.3 Å². The third kappa shape index (κ3) is 12.4. The van der Waals surface area contributed by atoms with Crippen molar-refractivity contribution in [3.8, 4) is 5.75 Å². The summed E-state index contributed by atoms with van der Waals surface area (Å²) < 4.78 is 11.3. The van der Waals surface area contributed by atoms with Crippen molar-refractivity contribution < 1.29 is 9.47 Å². The maximum atomic E-state index is 5.90. The average molecular weight is 506 g/mol. The maximum Gasteiger partial charge on any atom is 0.191 e. The van der Waals surface area contributed by atoms with Gasteiger partial charge in [-0.1, -0.05) is 12.1 Å². The van der Waals surface area contributed by atoms with E-state index in [1.807, 2.05) is 6.92 Å². The summed E-state index contributed by atoms with van der Waals surface area (Å²) in [5.41, 5.74) is 2.36. The summed E-state index contributed by atoms with van der Waals surface area (Å²) in [6.07, 6.45) is 0. The molecule has 162 valence electrons. The Balaban J connectivity index is 0.00000729. The van der Waals surface area contributed by atoms with Gasteiger partial charge < -0.3 is 25.4 Å². The monoisotopic (exact) mass is 506 g/mol. The second-order valence-electron chi connectivity index (χ2n) is 7.46. The van der Waals surface area contributed by atoms with Crippen LogP contribution in [0.5, 0.6) is 5.75 Å². The zero-order valence-electron chi connectivity index (χ0n) is 18.4. The van der Waals surface area contributed by atoms with E-state index in [0.29, 0.717) is 26.4 Å². The van der Waals surface area contributed by atoms with Gasteiger partial charge in [-0.2, -0.15) is 0 Å². The normalized spacial score (nSPS) is 11.7. The first kappa shape index (κ1) is 26.9. The van der Waals surface area contributed by atoms with Gasteiger partial charge in [-0.3, -0.25) is 0 Å². The molecule has 0 spiro atoms. The third-order valence-electron chi connectivity index (χ3n) is 3.74. The number of halogens is 1. The van der Waals surface area contributed by atoms with Gasteiger partial charge in [0.05, 0.1) is 13.2 Å². The number of nitrogens with one attached hydrogen (secondary N) is 3. The molecule has 0 aliphatic heterocycles. The largest absolute Gasteiger partial charge is 0.491 e. The van der Waals surface area contributed by atoms with Crippen molar-refractivity contribution >= 4 is 29.9 Å². The molecule has 0 atom stereocenters. The predicted octanol–water partition coefficient (Wildman–Crippen LogP) is 3.47. The molecule has 1 aromatic carbocycles. The minimum absolute atomic E-state index is 0. The van der Waals surface area contributed by atoms with Gasteiger partial charge in [-0.25, -0.2) is 4.99 Å². The number of nitrogens with zero attached hydrogens (tertiary/aromatic N) is 1. The van der Waals surface area contributed by atoms with Gasteiger partial charge in [-0.05, 0) is 53.2 Å². The molecule has 0 aliphatic carbocycles. The van der Waals surface area contributed by atoms with E-state index >= 15 is 0 Å². The minimum atomic E-state index is 0. The number of aliphatic imine (C=N–C) groups is 1. The SMILES string of the molecule is CCNC(=NCc1ccc(C)cc1OCCOCC)NCCNC(C)(C)C.I. The van der Waals surface area contributed by atoms with Gasteiger partial charge in [0.2, 0.25) is 0 Å². The summed E-state index contributed by atoms with van der Waals surface area (Å²) in [5, 5.41) is 10.1. The molecule has 0 saturated carbocycles. The zero-order chi connectivity index (χ0) is 20.1. The molecule has 0 aliphatic rings. The molecule has 6 nitrogen and oxygen atoms in total. The summed E-state index contributed by atoms with van der Waals surface area (Å²) >= 11 is 0. The second-order valence-corrected chi connectivity index (χ2v) is 7.46. The molecular weight excluding hydrogens is 467 g/mol.